The molecule has 1 aliphatic heterocycles. The molecule has 2 rings (SSSR count). The van der Waals surface area contributed by atoms with Crippen molar-refractivity contribution in [2.24, 2.45) is 0 Å². The van der Waals surface area contributed by atoms with E-state index in [1.54, 1.807) is 11.3 Å². The molecular formula is C10H16N2O3S2. The molecule has 1 aliphatic rings. The lowest BCUT2D eigenvalue weighted by atomic mass is 10.4. The standard InChI is InChI=1S/C10H16N2O3S2/c1-9-2-3-10(16-9)8-11-17(13,14)12-4-6-15-7-5-12/h2-3,11H,4-8H2,1H3. The molecule has 0 amide bonds. The van der Waals surface area contributed by atoms with Gasteiger partial charge in [0.1, 0.15) is 0 Å². The molecular weight excluding hydrogens is 260 g/mol. The van der Waals surface area contributed by atoms with Gasteiger partial charge in [-0.15, -0.1) is 11.3 Å². The predicted molar refractivity (Wildman–Crippen MR) is 67.2 cm³/mol. The van der Waals surface area contributed by atoms with Crippen molar-refractivity contribution in [3.63, 3.8) is 0 Å². The van der Waals surface area contributed by atoms with Crippen LogP contribution in [0.1, 0.15) is 9.75 Å². The van der Waals surface area contributed by atoms with Gasteiger partial charge in [0.05, 0.1) is 13.2 Å². The van der Waals surface area contributed by atoms with Gasteiger partial charge < -0.3 is 4.74 Å². The van der Waals surface area contributed by atoms with Crippen molar-refractivity contribution in [3.8, 4) is 0 Å². The minimum absolute atomic E-state index is 0.359. The molecule has 5 nitrogen and oxygen atoms in total. The molecule has 0 radical (unpaired) electrons. The van der Waals surface area contributed by atoms with Gasteiger partial charge in [0, 0.05) is 29.4 Å². The molecule has 0 bridgehead atoms. The second-order valence-corrected chi connectivity index (χ2v) is 6.98. The molecule has 17 heavy (non-hydrogen) atoms. The summed E-state index contributed by atoms with van der Waals surface area (Å²) in [5, 5.41) is 0. The Morgan fingerprint density at radius 3 is 2.71 bits per heavy atom. The molecule has 2 heterocycles. The maximum Gasteiger partial charge on any atom is 0.279 e. The number of ether oxygens (including phenoxy) is 1. The van der Waals surface area contributed by atoms with Crippen molar-refractivity contribution in [1.29, 1.82) is 0 Å². The Bertz CT molecular complexity index is 464. The van der Waals surface area contributed by atoms with E-state index in [-0.39, 0.29) is 0 Å². The first-order valence-electron chi connectivity index (χ1n) is 5.46. The summed E-state index contributed by atoms with van der Waals surface area (Å²) < 4.78 is 33.0. The number of aryl methyl sites for hydroxylation is 1. The number of hydrogen-bond donors (Lipinski definition) is 1. The fraction of sp³-hybridized carbons (Fsp3) is 0.600. The van der Waals surface area contributed by atoms with Crippen LogP contribution in [0.25, 0.3) is 0 Å². The lowest BCUT2D eigenvalue weighted by Crippen LogP contribution is -2.46. The number of morpholine rings is 1. The third-order valence-electron chi connectivity index (χ3n) is 2.53. The van der Waals surface area contributed by atoms with Crippen LogP contribution in [-0.2, 0) is 21.5 Å². The molecule has 0 atom stereocenters. The van der Waals surface area contributed by atoms with E-state index in [9.17, 15) is 8.42 Å². The van der Waals surface area contributed by atoms with E-state index in [4.69, 9.17) is 4.74 Å². The van der Waals surface area contributed by atoms with Gasteiger partial charge in [0.15, 0.2) is 0 Å². The molecule has 1 saturated heterocycles. The van der Waals surface area contributed by atoms with Crippen LogP contribution in [0, 0.1) is 6.92 Å². The molecule has 96 valence electrons. The SMILES string of the molecule is Cc1ccc(CNS(=O)(=O)N2CCOCC2)s1. The zero-order valence-corrected chi connectivity index (χ0v) is 11.3. The third-order valence-corrected chi connectivity index (χ3v) is 5.09. The zero-order chi connectivity index (χ0) is 12.3. The topological polar surface area (TPSA) is 58.6 Å². The summed E-state index contributed by atoms with van der Waals surface area (Å²) in [5.74, 6) is 0. The number of hydrogen-bond acceptors (Lipinski definition) is 4. The minimum Gasteiger partial charge on any atom is -0.379 e. The lowest BCUT2D eigenvalue weighted by Gasteiger charge is -2.25. The summed E-state index contributed by atoms with van der Waals surface area (Å²) in [6.07, 6.45) is 0. The van der Waals surface area contributed by atoms with Crippen molar-refractivity contribution in [2.45, 2.75) is 13.5 Å². The van der Waals surface area contributed by atoms with Crippen LogP contribution >= 0.6 is 11.3 Å². The molecule has 0 spiro atoms. The highest BCUT2D eigenvalue weighted by atomic mass is 32.2. The van der Waals surface area contributed by atoms with Gasteiger partial charge in [-0.3, -0.25) is 0 Å². The second kappa shape index (κ2) is 5.45. The van der Waals surface area contributed by atoms with E-state index in [1.807, 2.05) is 19.1 Å². The average Bonchev–Trinajstić information content (AvgIpc) is 2.74. The Morgan fingerprint density at radius 1 is 1.41 bits per heavy atom. The fourth-order valence-corrected chi connectivity index (χ4v) is 3.69. The van der Waals surface area contributed by atoms with E-state index in [0.29, 0.717) is 32.8 Å². The second-order valence-electron chi connectivity index (χ2n) is 3.85. The van der Waals surface area contributed by atoms with Crippen LogP contribution in [0.4, 0.5) is 0 Å². The van der Waals surface area contributed by atoms with E-state index in [1.165, 1.54) is 9.18 Å². The van der Waals surface area contributed by atoms with Gasteiger partial charge in [-0.1, -0.05) is 0 Å². The molecule has 1 N–H and O–H groups in total. The first kappa shape index (κ1) is 13.0. The monoisotopic (exact) mass is 276 g/mol. The van der Waals surface area contributed by atoms with Gasteiger partial charge in [0.25, 0.3) is 10.2 Å². The van der Waals surface area contributed by atoms with Gasteiger partial charge in [-0.25, -0.2) is 0 Å². The summed E-state index contributed by atoms with van der Waals surface area (Å²) >= 11 is 1.60. The summed E-state index contributed by atoms with van der Waals surface area (Å²) in [6, 6.07) is 3.94. The van der Waals surface area contributed by atoms with Crippen molar-refractivity contribution in [3.05, 3.63) is 21.9 Å². The molecule has 0 aromatic carbocycles. The van der Waals surface area contributed by atoms with Gasteiger partial charge in [-0.2, -0.15) is 17.4 Å². The van der Waals surface area contributed by atoms with Crippen molar-refractivity contribution in [1.82, 2.24) is 9.03 Å². The smallest absolute Gasteiger partial charge is 0.279 e. The Morgan fingerprint density at radius 2 is 2.12 bits per heavy atom. The predicted octanol–water partition coefficient (Wildman–Crippen LogP) is 0.723. The van der Waals surface area contributed by atoms with Crippen LogP contribution < -0.4 is 4.72 Å². The highest BCUT2D eigenvalue weighted by Crippen LogP contribution is 2.15. The van der Waals surface area contributed by atoms with Crippen LogP contribution in [0.5, 0.6) is 0 Å². The quantitative estimate of drug-likeness (QED) is 0.881. The molecule has 1 aromatic rings. The fourth-order valence-electron chi connectivity index (χ4n) is 1.62. The molecule has 0 saturated carbocycles. The number of rotatable bonds is 4. The molecule has 0 unspecified atom stereocenters. The Kier molecular flexibility index (Phi) is 4.16. The van der Waals surface area contributed by atoms with E-state index in [0.717, 1.165) is 4.88 Å². The van der Waals surface area contributed by atoms with E-state index >= 15 is 0 Å². The average molecular weight is 276 g/mol. The van der Waals surface area contributed by atoms with Gasteiger partial charge >= 0.3 is 0 Å². The zero-order valence-electron chi connectivity index (χ0n) is 9.68. The first-order chi connectivity index (χ1) is 8.08. The minimum atomic E-state index is -3.36. The van der Waals surface area contributed by atoms with Crippen LogP contribution in [0.2, 0.25) is 0 Å². The summed E-state index contributed by atoms with van der Waals surface area (Å²) in [4.78, 5) is 2.21. The number of thiophene rings is 1. The van der Waals surface area contributed by atoms with Crippen molar-refractivity contribution >= 4 is 21.5 Å². The molecule has 1 aromatic heterocycles. The Labute approximate surface area is 106 Å². The van der Waals surface area contributed by atoms with Crippen LogP contribution in [0.3, 0.4) is 0 Å². The largest absolute Gasteiger partial charge is 0.379 e. The number of nitrogens with zero attached hydrogens (tertiary/aromatic N) is 1. The van der Waals surface area contributed by atoms with E-state index < -0.39 is 10.2 Å². The van der Waals surface area contributed by atoms with Crippen LogP contribution in [0.15, 0.2) is 12.1 Å². The third kappa shape index (κ3) is 3.49. The lowest BCUT2D eigenvalue weighted by molar-refractivity contribution is 0.0725. The highest BCUT2D eigenvalue weighted by molar-refractivity contribution is 7.87. The maximum atomic E-state index is 11.9. The Balaban J connectivity index is 1.92. The normalized spacial score (nSPS) is 18.4. The van der Waals surface area contributed by atoms with E-state index in [2.05, 4.69) is 4.72 Å². The molecule has 1 fully saturated rings. The molecule has 7 heteroatoms. The van der Waals surface area contributed by atoms with Crippen molar-refractivity contribution < 1.29 is 13.2 Å². The van der Waals surface area contributed by atoms with Crippen molar-refractivity contribution in [2.75, 3.05) is 26.3 Å². The maximum absolute atomic E-state index is 11.9. The Hall–Kier alpha value is -0.470. The van der Waals surface area contributed by atoms with Gasteiger partial charge in [0.2, 0.25) is 0 Å². The first-order valence-corrected chi connectivity index (χ1v) is 7.71. The number of nitrogens with one attached hydrogen (secondary N) is 1. The van der Waals surface area contributed by atoms with Crippen LogP contribution in [-0.4, -0.2) is 39.0 Å². The summed E-state index contributed by atoms with van der Waals surface area (Å²) in [5.41, 5.74) is 0. The summed E-state index contributed by atoms with van der Waals surface area (Å²) in [6.45, 7) is 4.17. The highest BCUT2D eigenvalue weighted by Gasteiger charge is 2.23. The van der Waals surface area contributed by atoms with Gasteiger partial charge in [-0.05, 0) is 19.1 Å². The summed E-state index contributed by atoms with van der Waals surface area (Å²) in [7, 11) is -3.36. The molecule has 0 aliphatic carbocycles.